The van der Waals surface area contributed by atoms with Gasteiger partial charge >= 0.3 is 5.97 Å². The number of primary amides is 1. The number of aromatic nitrogens is 1. The second-order valence-electron chi connectivity index (χ2n) is 15.8. The molecule has 0 radical (unpaired) electrons. The summed E-state index contributed by atoms with van der Waals surface area (Å²) in [7, 11) is 3.25. The van der Waals surface area contributed by atoms with E-state index in [1.165, 1.54) is 4.90 Å². The fourth-order valence-corrected chi connectivity index (χ4v) is 6.53. The van der Waals surface area contributed by atoms with Crippen molar-refractivity contribution in [2.24, 2.45) is 11.1 Å². The van der Waals surface area contributed by atoms with E-state index in [2.05, 4.69) is 21.3 Å². The van der Waals surface area contributed by atoms with Gasteiger partial charge in [0.05, 0.1) is 18.5 Å². The van der Waals surface area contributed by atoms with Crippen LogP contribution in [0.3, 0.4) is 0 Å². The Bertz CT molecular complexity index is 2040. The summed E-state index contributed by atoms with van der Waals surface area (Å²) < 4.78 is 31.5. The summed E-state index contributed by atoms with van der Waals surface area (Å²) in [6.45, 7) is 5.05. The van der Waals surface area contributed by atoms with Crippen molar-refractivity contribution in [2.75, 3.05) is 40.3 Å². The molecule has 0 aliphatic carbocycles. The number of rotatable bonds is 22. The number of carbonyl (C=O) groups excluding carboxylic acids is 6. The van der Waals surface area contributed by atoms with Gasteiger partial charge in [-0.25, -0.2) is 8.78 Å². The molecule has 2 aromatic carbocycles. The molecular formula is C42H56F2N8O9. The number of aliphatic hydroxyl groups is 1. The van der Waals surface area contributed by atoms with Gasteiger partial charge < -0.3 is 46.7 Å². The van der Waals surface area contributed by atoms with Crippen LogP contribution in [0.1, 0.15) is 64.3 Å². The van der Waals surface area contributed by atoms with Gasteiger partial charge in [-0.3, -0.25) is 38.5 Å². The Kier molecular flexibility index (Phi) is 18.1. The molecule has 0 spiro atoms. The summed E-state index contributed by atoms with van der Waals surface area (Å²) in [6.07, 6.45) is 0.338. The lowest BCUT2D eigenvalue weighted by Crippen LogP contribution is -2.57. The van der Waals surface area contributed by atoms with Gasteiger partial charge in [0.25, 0.3) is 0 Å². The van der Waals surface area contributed by atoms with Crippen molar-refractivity contribution in [3.8, 4) is 11.1 Å². The van der Waals surface area contributed by atoms with Crippen LogP contribution in [0.2, 0.25) is 0 Å². The first-order valence-corrected chi connectivity index (χ1v) is 19.5. The molecule has 19 heteroatoms. The molecule has 8 N–H and O–H groups in total. The molecular weight excluding hydrogens is 799 g/mol. The van der Waals surface area contributed by atoms with Gasteiger partial charge in [-0.15, -0.1) is 0 Å². The highest BCUT2D eigenvalue weighted by atomic mass is 19.1. The SMILES string of the molecule is C[C@@H](C(=O)N[C@@H](CC(N)=O)C(=O)N[C@@H](CCN(C(=O)CO)[C@@H](c1cc(-c2cc(F)ccc2F)cn1Cc1ccccc1)C(C)(C)C)C(=O)NCCC(=O)NCC(=O)O)N(C)C. The number of amides is 6. The maximum absolute atomic E-state index is 15.2. The van der Waals surface area contributed by atoms with Crippen molar-refractivity contribution < 1.29 is 52.6 Å². The monoisotopic (exact) mass is 854 g/mol. The highest BCUT2D eigenvalue weighted by Gasteiger charge is 2.38. The number of hydrogen-bond acceptors (Lipinski definition) is 9. The summed E-state index contributed by atoms with van der Waals surface area (Å²) in [5.41, 5.74) is 6.16. The zero-order valence-corrected chi connectivity index (χ0v) is 35.2. The Balaban J connectivity index is 2.09. The Morgan fingerprint density at radius 1 is 0.885 bits per heavy atom. The van der Waals surface area contributed by atoms with E-state index in [-0.39, 0.29) is 38.0 Å². The van der Waals surface area contributed by atoms with Crippen molar-refractivity contribution in [3.05, 3.63) is 83.7 Å². The Labute approximate surface area is 353 Å². The molecule has 4 atom stereocenters. The number of carboxylic acids is 1. The second-order valence-corrected chi connectivity index (χ2v) is 15.8. The first-order chi connectivity index (χ1) is 28.6. The number of carboxylic acid groups (broad SMARTS) is 1. The number of nitrogens with one attached hydrogen (secondary N) is 4. The molecule has 0 aliphatic heterocycles. The molecule has 61 heavy (non-hydrogen) atoms. The average molecular weight is 855 g/mol. The fraction of sp³-hybridized carbons (Fsp3) is 0.452. The Morgan fingerprint density at radius 2 is 1.54 bits per heavy atom. The molecule has 0 saturated carbocycles. The minimum atomic E-state index is -1.52. The van der Waals surface area contributed by atoms with Crippen molar-refractivity contribution in [1.29, 1.82) is 0 Å². The molecule has 0 bridgehead atoms. The molecule has 0 aliphatic rings. The van der Waals surface area contributed by atoms with Crippen LogP contribution in [0.5, 0.6) is 0 Å². The van der Waals surface area contributed by atoms with E-state index in [9.17, 15) is 43.1 Å². The third-order valence-corrected chi connectivity index (χ3v) is 9.80. The average Bonchev–Trinajstić information content (AvgIpc) is 3.59. The first-order valence-electron chi connectivity index (χ1n) is 19.5. The summed E-state index contributed by atoms with van der Waals surface area (Å²) in [6, 6.07) is 9.26. The van der Waals surface area contributed by atoms with E-state index in [1.807, 2.05) is 51.1 Å². The van der Waals surface area contributed by atoms with Crippen molar-refractivity contribution in [1.82, 2.24) is 35.6 Å². The number of benzene rings is 2. The first kappa shape index (κ1) is 49.2. The molecule has 1 heterocycles. The number of aliphatic hydroxyl groups excluding tert-OH is 1. The fourth-order valence-electron chi connectivity index (χ4n) is 6.53. The van der Waals surface area contributed by atoms with Crippen molar-refractivity contribution in [2.45, 2.75) is 77.7 Å². The van der Waals surface area contributed by atoms with Gasteiger partial charge in [-0.2, -0.15) is 0 Å². The van der Waals surface area contributed by atoms with E-state index in [0.29, 0.717) is 11.3 Å². The number of likely N-dealkylation sites (N-methyl/N-ethyl adjacent to an activating group) is 1. The van der Waals surface area contributed by atoms with Crippen LogP contribution >= 0.6 is 0 Å². The lowest BCUT2D eigenvalue weighted by atomic mass is 9.82. The Morgan fingerprint density at radius 3 is 2.13 bits per heavy atom. The molecule has 1 aromatic heterocycles. The second kappa shape index (κ2) is 22.4. The van der Waals surface area contributed by atoms with Crippen LogP contribution in [0.25, 0.3) is 11.1 Å². The number of hydrogen-bond donors (Lipinski definition) is 7. The van der Waals surface area contributed by atoms with Gasteiger partial charge in [-0.1, -0.05) is 51.1 Å². The number of nitrogens with zero attached hydrogens (tertiary/aromatic N) is 3. The van der Waals surface area contributed by atoms with E-state index < -0.39 is 102 Å². The van der Waals surface area contributed by atoms with Crippen molar-refractivity contribution >= 4 is 41.4 Å². The molecule has 332 valence electrons. The standard InChI is InChI=1S/C42H56F2N8O9/c1-25(50(5)6)39(59)49-32(20-34(45)54)41(61)48-31(40(60)46-16-14-35(55)47-21-37(57)58)15-17-52(36(56)24-53)38(42(2,3)4)33-18-27(29-19-28(43)12-13-30(29)44)23-51(33)22-26-10-8-7-9-11-26/h7-13,18-19,23,25,31-32,38,53H,14-17,20-22,24H2,1-6H3,(H2,45,54)(H,46,60)(H,47,55)(H,48,61)(H,49,59)(H,57,58)/t25-,31-,32-,38-/m0/s1. The van der Waals surface area contributed by atoms with Gasteiger partial charge in [0, 0.05) is 49.1 Å². The van der Waals surface area contributed by atoms with Crippen LogP contribution in [-0.2, 0) is 40.1 Å². The highest BCUT2D eigenvalue weighted by molar-refractivity contribution is 5.95. The third kappa shape index (κ3) is 14.8. The number of carbonyl (C=O) groups is 7. The largest absolute Gasteiger partial charge is 0.480 e. The summed E-state index contributed by atoms with van der Waals surface area (Å²) in [5, 5.41) is 28.9. The molecule has 6 amide bonds. The zero-order chi connectivity index (χ0) is 45.6. The quantitative estimate of drug-likeness (QED) is 0.0764. The Hall–Kier alpha value is -6.21. The van der Waals surface area contributed by atoms with Crippen LogP contribution in [0, 0.1) is 17.0 Å². The lowest BCUT2D eigenvalue weighted by molar-refractivity contribution is -0.140. The van der Waals surface area contributed by atoms with E-state index in [4.69, 9.17) is 10.8 Å². The van der Waals surface area contributed by atoms with Gasteiger partial charge in [-0.05, 0) is 62.7 Å². The maximum Gasteiger partial charge on any atom is 0.322 e. The van der Waals surface area contributed by atoms with E-state index in [0.717, 1.165) is 23.8 Å². The highest BCUT2D eigenvalue weighted by Crippen LogP contribution is 2.41. The normalized spacial score (nSPS) is 13.3. The predicted octanol–water partition coefficient (Wildman–Crippen LogP) is 1.28. The van der Waals surface area contributed by atoms with E-state index in [1.54, 1.807) is 42.7 Å². The zero-order valence-electron chi connectivity index (χ0n) is 35.2. The van der Waals surface area contributed by atoms with Gasteiger partial charge in [0.2, 0.25) is 35.4 Å². The molecule has 0 unspecified atom stereocenters. The van der Waals surface area contributed by atoms with Crippen LogP contribution in [-0.4, -0.2) is 124 Å². The summed E-state index contributed by atoms with van der Waals surface area (Å²) >= 11 is 0. The molecule has 3 aromatic rings. The third-order valence-electron chi connectivity index (χ3n) is 9.80. The van der Waals surface area contributed by atoms with E-state index >= 15 is 4.39 Å². The van der Waals surface area contributed by atoms with Crippen LogP contribution in [0.15, 0.2) is 60.8 Å². The topological polar surface area (TPSA) is 245 Å². The minimum absolute atomic E-state index is 0.0329. The van der Waals surface area contributed by atoms with Gasteiger partial charge in [0.15, 0.2) is 0 Å². The molecule has 0 saturated heterocycles. The summed E-state index contributed by atoms with van der Waals surface area (Å²) in [4.78, 5) is 92.3. The van der Waals surface area contributed by atoms with Crippen molar-refractivity contribution in [3.63, 3.8) is 0 Å². The number of aliphatic carboxylic acids is 1. The molecule has 3 rings (SSSR count). The van der Waals surface area contributed by atoms with Crippen LogP contribution < -0.4 is 27.0 Å². The van der Waals surface area contributed by atoms with Gasteiger partial charge in [0.1, 0.15) is 36.9 Å². The minimum Gasteiger partial charge on any atom is -0.480 e. The molecule has 17 nitrogen and oxygen atoms in total. The maximum atomic E-state index is 15.2. The summed E-state index contributed by atoms with van der Waals surface area (Å²) in [5.74, 6) is -7.47. The smallest absolute Gasteiger partial charge is 0.322 e. The predicted molar refractivity (Wildman–Crippen MR) is 220 cm³/mol. The molecule has 0 fully saturated rings. The number of nitrogens with two attached hydrogens (primary N) is 1. The van der Waals surface area contributed by atoms with Crippen LogP contribution in [0.4, 0.5) is 8.78 Å². The lowest BCUT2D eigenvalue weighted by Gasteiger charge is -2.41. The number of halogens is 2.